The van der Waals surface area contributed by atoms with Crippen molar-refractivity contribution in [1.82, 2.24) is 9.88 Å². The minimum Gasteiger partial charge on any atom is -0.381 e. The van der Waals surface area contributed by atoms with Gasteiger partial charge in [0.05, 0.1) is 24.1 Å². The van der Waals surface area contributed by atoms with Gasteiger partial charge in [0.25, 0.3) is 0 Å². The first-order chi connectivity index (χ1) is 11.3. The molecule has 0 amide bonds. The van der Waals surface area contributed by atoms with E-state index in [2.05, 4.69) is 20.9 Å². The van der Waals surface area contributed by atoms with Crippen molar-refractivity contribution in [3.8, 4) is 0 Å². The Morgan fingerprint density at radius 2 is 2.04 bits per heavy atom. The van der Waals surface area contributed by atoms with Gasteiger partial charge in [0.2, 0.25) is 0 Å². The van der Waals surface area contributed by atoms with Crippen LogP contribution in [0, 0.1) is 0 Å². The van der Waals surface area contributed by atoms with Crippen LogP contribution >= 0.6 is 0 Å². The second-order valence-electron chi connectivity index (χ2n) is 7.08. The zero-order valence-electron chi connectivity index (χ0n) is 13.8. The van der Waals surface area contributed by atoms with E-state index < -0.39 is 0 Å². The largest absolute Gasteiger partial charge is 0.381 e. The number of nitrogens with zero attached hydrogens (tertiary/aromatic N) is 3. The molecule has 5 heteroatoms. The molecule has 4 rings (SSSR count). The second kappa shape index (κ2) is 6.75. The summed E-state index contributed by atoms with van der Waals surface area (Å²) in [6.45, 7) is 6.91. The molecule has 3 fully saturated rings. The number of rotatable bonds is 2. The smallest absolute Gasteiger partial charge is 0.0983 e. The predicted octanol–water partition coefficient (Wildman–Crippen LogP) is 1.93. The van der Waals surface area contributed by atoms with Crippen LogP contribution < -0.4 is 4.90 Å². The molecule has 23 heavy (non-hydrogen) atoms. The first kappa shape index (κ1) is 15.4. The van der Waals surface area contributed by atoms with Crippen LogP contribution in [-0.4, -0.2) is 67.5 Å². The summed E-state index contributed by atoms with van der Waals surface area (Å²) in [5, 5.41) is 0. The number of anilines is 1. The van der Waals surface area contributed by atoms with E-state index in [4.69, 9.17) is 9.47 Å². The number of pyridine rings is 1. The van der Waals surface area contributed by atoms with Crippen LogP contribution in [0.2, 0.25) is 0 Å². The van der Waals surface area contributed by atoms with Gasteiger partial charge in [0.15, 0.2) is 0 Å². The van der Waals surface area contributed by atoms with Crippen molar-refractivity contribution in [2.24, 2.45) is 0 Å². The molecule has 0 aromatic carbocycles. The summed E-state index contributed by atoms with van der Waals surface area (Å²) >= 11 is 0. The maximum Gasteiger partial charge on any atom is 0.0983 e. The molecule has 0 saturated carbocycles. The fraction of sp³-hybridized carbons (Fsp3) is 0.722. The first-order valence-corrected chi connectivity index (χ1v) is 8.95. The summed E-state index contributed by atoms with van der Waals surface area (Å²) < 4.78 is 11.9. The highest BCUT2D eigenvalue weighted by molar-refractivity contribution is 5.44. The lowest BCUT2D eigenvalue weighted by Gasteiger charge is -2.50. The summed E-state index contributed by atoms with van der Waals surface area (Å²) in [5.74, 6) is 0. The van der Waals surface area contributed by atoms with Crippen molar-refractivity contribution in [2.45, 2.75) is 37.3 Å². The van der Waals surface area contributed by atoms with E-state index in [0.29, 0.717) is 6.04 Å². The second-order valence-corrected chi connectivity index (χ2v) is 7.08. The monoisotopic (exact) mass is 317 g/mol. The Balaban J connectivity index is 1.46. The number of morpholine rings is 1. The van der Waals surface area contributed by atoms with Gasteiger partial charge < -0.3 is 14.4 Å². The molecular formula is C18H27N3O2. The zero-order valence-corrected chi connectivity index (χ0v) is 13.8. The van der Waals surface area contributed by atoms with Crippen molar-refractivity contribution < 1.29 is 9.47 Å². The van der Waals surface area contributed by atoms with Gasteiger partial charge >= 0.3 is 0 Å². The molecule has 0 aliphatic carbocycles. The average molecular weight is 317 g/mol. The molecule has 0 radical (unpaired) electrons. The Morgan fingerprint density at radius 1 is 1.13 bits per heavy atom. The summed E-state index contributed by atoms with van der Waals surface area (Å²) in [6.07, 6.45) is 8.51. The zero-order chi connectivity index (χ0) is 15.5. The Bertz CT molecular complexity index is 502. The fourth-order valence-electron chi connectivity index (χ4n) is 4.34. The van der Waals surface area contributed by atoms with Crippen molar-refractivity contribution in [1.29, 1.82) is 0 Å². The Labute approximate surface area is 138 Å². The van der Waals surface area contributed by atoms with Gasteiger partial charge in [-0.25, -0.2) is 0 Å². The van der Waals surface area contributed by atoms with Crippen molar-refractivity contribution in [3.63, 3.8) is 0 Å². The quantitative estimate of drug-likeness (QED) is 0.833. The van der Waals surface area contributed by atoms with Gasteiger partial charge in [0, 0.05) is 51.6 Å². The molecule has 4 heterocycles. The number of piperidine rings is 1. The summed E-state index contributed by atoms with van der Waals surface area (Å²) in [7, 11) is 0. The lowest BCUT2D eigenvalue weighted by atomic mass is 9.89. The third-order valence-electron chi connectivity index (χ3n) is 5.54. The third-order valence-corrected chi connectivity index (χ3v) is 5.54. The van der Waals surface area contributed by atoms with Crippen LogP contribution in [0.3, 0.4) is 0 Å². The van der Waals surface area contributed by atoms with Crippen LogP contribution in [-0.2, 0) is 9.47 Å². The SMILES string of the molecule is c1cncc(N2CCCC3(C2)CN(C2CCOCC2)CCO3)c1. The third kappa shape index (κ3) is 3.37. The van der Waals surface area contributed by atoms with Gasteiger partial charge in [0.1, 0.15) is 0 Å². The molecule has 0 N–H and O–H groups in total. The standard InChI is InChI=1S/C18H27N3O2/c1-3-17(13-19-7-1)20-8-2-6-18(14-20)15-21(9-12-23-18)16-4-10-22-11-5-16/h1,3,7,13,16H,2,4-6,8-12,14-15H2. The minimum absolute atomic E-state index is 0.00928. The number of hydrogen-bond acceptors (Lipinski definition) is 5. The highest BCUT2D eigenvalue weighted by Gasteiger charge is 2.42. The van der Waals surface area contributed by atoms with Crippen LogP contribution in [0.1, 0.15) is 25.7 Å². The minimum atomic E-state index is -0.00928. The van der Waals surface area contributed by atoms with Crippen LogP contribution in [0.25, 0.3) is 0 Å². The van der Waals surface area contributed by atoms with E-state index >= 15 is 0 Å². The molecular weight excluding hydrogens is 290 g/mol. The van der Waals surface area contributed by atoms with Gasteiger partial charge in [-0.05, 0) is 37.8 Å². The maximum absolute atomic E-state index is 6.34. The Hall–Kier alpha value is -1.17. The molecule has 5 nitrogen and oxygen atoms in total. The normalized spacial score (nSPS) is 30.7. The van der Waals surface area contributed by atoms with E-state index in [1.54, 1.807) is 0 Å². The lowest BCUT2D eigenvalue weighted by molar-refractivity contribution is -0.130. The summed E-state index contributed by atoms with van der Waals surface area (Å²) in [6, 6.07) is 4.86. The van der Waals surface area contributed by atoms with E-state index in [1.807, 2.05) is 18.5 Å². The molecule has 1 atom stereocenters. The molecule has 1 aromatic rings. The number of ether oxygens (including phenoxy) is 2. The molecule has 3 saturated heterocycles. The van der Waals surface area contributed by atoms with Crippen molar-refractivity contribution in [2.75, 3.05) is 50.9 Å². The molecule has 1 spiro atoms. The fourth-order valence-corrected chi connectivity index (χ4v) is 4.34. The van der Waals surface area contributed by atoms with Gasteiger partial charge in [-0.1, -0.05) is 0 Å². The molecule has 0 bridgehead atoms. The van der Waals surface area contributed by atoms with E-state index in [9.17, 15) is 0 Å². The summed E-state index contributed by atoms with van der Waals surface area (Å²) in [5.41, 5.74) is 1.21. The maximum atomic E-state index is 6.34. The lowest BCUT2D eigenvalue weighted by Crippen LogP contribution is -2.62. The highest BCUT2D eigenvalue weighted by atomic mass is 16.5. The van der Waals surface area contributed by atoms with Gasteiger partial charge in [-0.3, -0.25) is 9.88 Å². The average Bonchev–Trinajstić information content (AvgIpc) is 2.63. The van der Waals surface area contributed by atoms with E-state index in [1.165, 1.54) is 31.4 Å². The highest BCUT2D eigenvalue weighted by Crippen LogP contribution is 2.33. The van der Waals surface area contributed by atoms with E-state index in [-0.39, 0.29) is 5.60 Å². The van der Waals surface area contributed by atoms with Crippen LogP contribution in [0.5, 0.6) is 0 Å². The van der Waals surface area contributed by atoms with Crippen molar-refractivity contribution in [3.05, 3.63) is 24.5 Å². The van der Waals surface area contributed by atoms with Crippen LogP contribution in [0.15, 0.2) is 24.5 Å². The van der Waals surface area contributed by atoms with Crippen molar-refractivity contribution >= 4 is 5.69 Å². The molecule has 3 aliphatic rings. The number of hydrogen-bond donors (Lipinski definition) is 0. The molecule has 1 aromatic heterocycles. The molecule has 1 unspecified atom stereocenters. The van der Waals surface area contributed by atoms with Gasteiger partial charge in [-0.2, -0.15) is 0 Å². The Morgan fingerprint density at radius 3 is 2.87 bits per heavy atom. The first-order valence-electron chi connectivity index (χ1n) is 8.95. The molecule has 3 aliphatic heterocycles. The predicted molar refractivity (Wildman–Crippen MR) is 89.8 cm³/mol. The van der Waals surface area contributed by atoms with Gasteiger partial charge in [-0.15, -0.1) is 0 Å². The summed E-state index contributed by atoms with van der Waals surface area (Å²) in [4.78, 5) is 9.39. The number of aromatic nitrogens is 1. The molecule has 126 valence electrons. The van der Waals surface area contributed by atoms with Crippen LogP contribution in [0.4, 0.5) is 5.69 Å². The van der Waals surface area contributed by atoms with E-state index in [0.717, 1.165) is 46.0 Å². The Kier molecular flexibility index (Phi) is 4.51. The topological polar surface area (TPSA) is 37.8 Å².